The van der Waals surface area contributed by atoms with Crippen molar-refractivity contribution in [2.45, 2.75) is 79.6 Å². The zero-order valence-electron chi connectivity index (χ0n) is 23.9. The van der Waals surface area contributed by atoms with Crippen molar-refractivity contribution in [2.24, 2.45) is 0 Å². The second-order valence-corrected chi connectivity index (χ2v) is 10.5. The maximum Gasteiger partial charge on any atom is 0.254 e. The summed E-state index contributed by atoms with van der Waals surface area (Å²) in [5, 5.41) is 5.54. The standard InChI is InChI=1S/C30H42N4O4/c1-19(2)33(20(3)4)29(37)25-13-9-23(10-14-25)27(35)31-17-18-32-28(36)24-11-15-26(16-12-24)30(38)34(21(5)6)22(7)8/h9-16,19-22H,17-18H2,1-8H3,(H,31,35)(H,32,36). The Morgan fingerprint density at radius 1 is 0.500 bits per heavy atom. The lowest BCUT2D eigenvalue weighted by Gasteiger charge is -2.30. The fraction of sp³-hybridized carbons (Fsp3) is 0.467. The molecule has 0 radical (unpaired) electrons. The number of nitrogens with zero attached hydrogens (tertiary/aromatic N) is 2. The van der Waals surface area contributed by atoms with E-state index in [0.717, 1.165) is 0 Å². The van der Waals surface area contributed by atoms with Crippen LogP contribution in [0.15, 0.2) is 48.5 Å². The van der Waals surface area contributed by atoms with Gasteiger partial charge in [-0.25, -0.2) is 0 Å². The van der Waals surface area contributed by atoms with E-state index in [1.165, 1.54) is 0 Å². The van der Waals surface area contributed by atoms with Crippen LogP contribution in [0.25, 0.3) is 0 Å². The van der Waals surface area contributed by atoms with Crippen molar-refractivity contribution in [3.8, 4) is 0 Å². The molecule has 0 aliphatic heterocycles. The van der Waals surface area contributed by atoms with Crippen LogP contribution in [-0.4, -0.2) is 70.7 Å². The number of amides is 4. The van der Waals surface area contributed by atoms with Crippen molar-refractivity contribution in [1.29, 1.82) is 0 Å². The molecule has 0 bridgehead atoms. The Morgan fingerprint density at radius 3 is 0.974 bits per heavy atom. The third-order valence-corrected chi connectivity index (χ3v) is 6.18. The third kappa shape index (κ3) is 7.91. The number of carbonyl (C=O) groups excluding carboxylic acids is 4. The average Bonchev–Trinajstić information content (AvgIpc) is 2.85. The van der Waals surface area contributed by atoms with Gasteiger partial charge in [0.25, 0.3) is 23.6 Å². The molecular formula is C30H42N4O4. The van der Waals surface area contributed by atoms with E-state index in [0.29, 0.717) is 22.3 Å². The second kappa shape index (κ2) is 13.7. The lowest BCUT2D eigenvalue weighted by molar-refractivity contribution is 0.0634. The van der Waals surface area contributed by atoms with E-state index in [2.05, 4.69) is 10.6 Å². The Morgan fingerprint density at radius 2 is 0.737 bits per heavy atom. The topological polar surface area (TPSA) is 98.8 Å². The van der Waals surface area contributed by atoms with Gasteiger partial charge in [-0.15, -0.1) is 0 Å². The van der Waals surface area contributed by atoms with Gasteiger partial charge in [0.2, 0.25) is 0 Å². The molecule has 0 spiro atoms. The van der Waals surface area contributed by atoms with Crippen LogP contribution in [0.1, 0.15) is 96.8 Å². The molecule has 2 aromatic carbocycles. The minimum absolute atomic E-state index is 0.0701. The van der Waals surface area contributed by atoms with Crippen molar-refractivity contribution < 1.29 is 19.2 Å². The van der Waals surface area contributed by atoms with Crippen LogP contribution < -0.4 is 10.6 Å². The van der Waals surface area contributed by atoms with Crippen molar-refractivity contribution in [2.75, 3.05) is 13.1 Å². The molecule has 0 heterocycles. The Hall–Kier alpha value is -3.68. The Balaban J connectivity index is 1.87. The maximum atomic E-state index is 12.8. The molecule has 8 nitrogen and oxygen atoms in total. The zero-order chi connectivity index (χ0) is 28.6. The van der Waals surface area contributed by atoms with E-state index in [4.69, 9.17) is 0 Å². The van der Waals surface area contributed by atoms with Crippen LogP contribution >= 0.6 is 0 Å². The fourth-order valence-corrected chi connectivity index (χ4v) is 4.51. The molecule has 2 N–H and O–H groups in total. The first-order chi connectivity index (χ1) is 17.8. The van der Waals surface area contributed by atoms with Gasteiger partial charge in [0, 0.05) is 59.5 Å². The molecular weight excluding hydrogens is 480 g/mol. The second-order valence-electron chi connectivity index (χ2n) is 10.5. The van der Waals surface area contributed by atoms with Crippen molar-refractivity contribution in [3.05, 3.63) is 70.8 Å². The van der Waals surface area contributed by atoms with E-state index in [-0.39, 0.29) is 60.9 Å². The molecule has 2 aromatic rings. The summed E-state index contributed by atoms with van der Waals surface area (Å²) in [6.07, 6.45) is 0. The van der Waals surface area contributed by atoms with E-state index in [9.17, 15) is 19.2 Å². The maximum absolute atomic E-state index is 12.8. The lowest BCUT2D eigenvalue weighted by Crippen LogP contribution is -2.42. The first kappa shape index (κ1) is 30.5. The molecule has 4 amide bonds. The normalized spacial score (nSPS) is 11.2. The van der Waals surface area contributed by atoms with Crippen LogP contribution in [0, 0.1) is 0 Å². The summed E-state index contributed by atoms with van der Waals surface area (Å²) in [6, 6.07) is 13.4. The SMILES string of the molecule is CC(C)N(C(=O)c1ccc(C(=O)NCCNC(=O)c2ccc(C(=O)N(C(C)C)C(C)C)cc2)cc1)C(C)C. The predicted octanol–water partition coefficient (Wildman–Crippen LogP) is 4.36. The lowest BCUT2D eigenvalue weighted by atomic mass is 10.1. The third-order valence-electron chi connectivity index (χ3n) is 6.18. The largest absolute Gasteiger partial charge is 0.350 e. The summed E-state index contributed by atoms with van der Waals surface area (Å²) < 4.78 is 0. The van der Waals surface area contributed by atoms with Crippen LogP contribution in [0.2, 0.25) is 0 Å². The van der Waals surface area contributed by atoms with Gasteiger partial charge < -0.3 is 20.4 Å². The van der Waals surface area contributed by atoms with E-state index < -0.39 is 0 Å². The van der Waals surface area contributed by atoms with Gasteiger partial charge in [-0.3, -0.25) is 19.2 Å². The predicted molar refractivity (Wildman–Crippen MR) is 150 cm³/mol. The number of rotatable bonds is 11. The molecule has 206 valence electrons. The van der Waals surface area contributed by atoms with Crippen LogP contribution in [-0.2, 0) is 0 Å². The quantitative estimate of drug-likeness (QED) is 0.428. The highest BCUT2D eigenvalue weighted by atomic mass is 16.2. The number of nitrogens with one attached hydrogen (secondary N) is 2. The van der Waals surface area contributed by atoms with E-state index in [1.54, 1.807) is 58.3 Å². The monoisotopic (exact) mass is 522 g/mol. The number of hydrogen-bond donors (Lipinski definition) is 2. The fourth-order valence-electron chi connectivity index (χ4n) is 4.51. The summed E-state index contributed by atoms with van der Waals surface area (Å²) in [4.78, 5) is 54.2. The molecule has 0 atom stereocenters. The summed E-state index contributed by atoms with van der Waals surface area (Å²) in [5.74, 6) is -0.713. The molecule has 0 aliphatic carbocycles. The van der Waals surface area contributed by atoms with Gasteiger partial charge in [0.15, 0.2) is 0 Å². The van der Waals surface area contributed by atoms with Crippen LogP contribution in [0.3, 0.4) is 0 Å². The highest BCUT2D eigenvalue weighted by molar-refractivity contribution is 5.99. The highest BCUT2D eigenvalue weighted by Gasteiger charge is 2.23. The summed E-state index contributed by atoms with van der Waals surface area (Å²) in [6.45, 7) is 16.3. The molecule has 0 aliphatic rings. The summed E-state index contributed by atoms with van der Waals surface area (Å²) in [5.41, 5.74) is 1.94. The van der Waals surface area contributed by atoms with Gasteiger partial charge in [0.05, 0.1) is 0 Å². The van der Waals surface area contributed by atoms with Crippen LogP contribution in [0.5, 0.6) is 0 Å². The zero-order valence-corrected chi connectivity index (χ0v) is 23.9. The molecule has 8 heteroatoms. The first-order valence-electron chi connectivity index (χ1n) is 13.3. The van der Waals surface area contributed by atoms with Gasteiger partial charge in [-0.1, -0.05) is 0 Å². The van der Waals surface area contributed by atoms with Gasteiger partial charge in [0.1, 0.15) is 0 Å². The molecule has 0 unspecified atom stereocenters. The molecule has 38 heavy (non-hydrogen) atoms. The first-order valence-corrected chi connectivity index (χ1v) is 13.3. The minimum atomic E-state index is -0.287. The molecule has 0 saturated heterocycles. The van der Waals surface area contributed by atoms with Crippen molar-refractivity contribution in [3.63, 3.8) is 0 Å². The van der Waals surface area contributed by atoms with Gasteiger partial charge in [-0.05, 0) is 104 Å². The van der Waals surface area contributed by atoms with E-state index >= 15 is 0 Å². The molecule has 0 aromatic heterocycles. The van der Waals surface area contributed by atoms with Gasteiger partial charge in [-0.2, -0.15) is 0 Å². The Labute approximate surface area is 226 Å². The van der Waals surface area contributed by atoms with E-state index in [1.807, 2.05) is 55.4 Å². The molecule has 2 rings (SSSR count). The average molecular weight is 523 g/mol. The van der Waals surface area contributed by atoms with Crippen molar-refractivity contribution in [1.82, 2.24) is 20.4 Å². The van der Waals surface area contributed by atoms with Crippen LogP contribution in [0.4, 0.5) is 0 Å². The summed E-state index contributed by atoms with van der Waals surface area (Å²) in [7, 11) is 0. The van der Waals surface area contributed by atoms with Crippen molar-refractivity contribution >= 4 is 23.6 Å². The number of hydrogen-bond acceptors (Lipinski definition) is 4. The number of benzene rings is 2. The molecule has 0 fully saturated rings. The Bertz CT molecular complexity index is 1000. The highest BCUT2D eigenvalue weighted by Crippen LogP contribution is 2.15. The number of carbonyl (C=O) groups is 4. The summed E-state index contributed by atoms with van der Waals surface area (Å²) >= 11 is 0. The van der Waals surface area contributed by atoms with Gasteiger partial charge >= 0.3 is 0 Å². The molecule has 0 saturated carbocycles. The Kier molecular flexibility index (Phi) is 11.0. The smallest absolute Gasteiger partial charge is 0.254 e. The minimum Gasteiger partial charge on any atom is -0.350 e.